The number of pyridine rings is 1. The largest absolute Gasteiger partial charge is 0.386 e. The van der Waals surface area contributed by atoms with Crippen molar-refractivity contribution in [3.05, 3.63) is 222 Å². The Bertz CT molecular complexity index is 3970. The maximum absolute atomic E-state index is 4.74. The van der Waals surface area contributed by atoms with Crippen molar-refractivity contribution in [1.82, 2.24) is 19.4 Å². The molecule has 0 unspecified atom stereocenters. The molecule has 0 saturated heterocycles. The van der Waals surface area contributed by atoms with Crippen LogP contribution in [-0.4, -0.2) is 20.7 Å². The summed E-state index contributed by atoms with van der Waals surface area (Å²) in [4.78, 5) is 4.74. The van der Waals surface area contributed by atoms with Crippen molar-refractivity contribution in [3.63, 3.8) is 0 Å². The molecule has 4 heteroatoms. The third-order valence-electron chi connectivity index (χ3n) is 15.3. The Balaban J connectivity index is 1.03. The Morgan fingerprint density at radius 2 is 0.971 bits per heavy atom. The summed E-state index contributed by atoms with van der Waals surface area (Å²) in [6.07, 6.45) is 12.5. The summed E-state index contributed by atoms with van der Waals surface area (Å²) < 4.78 is 5.14. The van der Waals surface area contributed by atoms with Crippen LogP contribution in [0.4, 0.5) is 0 Å². The van der Waals surface area contributed by atoms with Crippen LogP contribution in [0.3, 0.4) is 0 Å². The van der Waals surface area contributed by atoms with Gasteiger partial charge in [0, 0.05) is 40.5 Å². The number of nitrogens with one attached hydrogen (secondary N) is 1. The molecule has 0 atom stereocenters. The molecule has 3 aromatic heterocycles. The lowest BCUT2D eigenvalue weighted by atomic mass is 9.74. The number of benzene rings is 8. The molecule has 4 nitrogen and oxygen atoms in total. The van der Waals surface area contributed by atoms with E-state index in [4.69, 9.17) is 4.98 Å². The van der Waals surface area contributed by atoms with Gasteiger partial charge in [0.15, 0.2) is 0 Å². The highest BCUT2D eigenvalue weighted by molar-refractivity contribution is 6.18. The SMILES string of the molecule is CC1=CCNC=C1n1c2ccc(-c3ccccc3-c3ccccc3)cc2c2cc3c4c(c21)CCc1cc2c5cc(-c6ccccc6-c6ccccc6)ccc5n(-c5cnccc5C)c2c(c1-4)CC3. The molecule has 0 spiro atoms. The average molecular weight is 873 g/mol. The van der Waals surface area contributed by atoms with Gasteiger partial charge in [-0.2, -0.15) is 0 Å². The second-order valence-corrected chi connectivity index (χ2v) is 19.0. The first-order valence-corrected chi connectivity index (χ1v) is 24.2. The molecular weight excluding hydrogens is 825 g/mol. The monoisotopic (exact) mass is 872 g/mol. The van der Waals surface area contributed by atoms with Crippen molar-refractivity contribution >= 4 is 49.3 Å². The topological polar surface area (TPSA) is 34.8 Å². The quantitative estimate of drug-likeness (QED) is 0.181. The number of aryl methyl sites for hydroxylation is 5. The second kappa shape index (κ2) is 15.2. The summed E-state index contributed by atoms with van der Waals surface area (Å²) in [5.74, 6) is 0. The third kappa shape index (κ3) is 5.77. The van der Waals surface area contributed by atoms with Gasteiger partial charge in [0.2, 0.25) is 0 Å². The number of fused-ring (bicyclic) bond motifs is 8. The van der Waals surface area contributed by atoms with Crippen molar-refractivity contribution in [2.24, 2.45) is 0 Å². The summed E-state index contributed by atoms with van der Waals surface area (Å²) in [6, 6.07) is 61.0. The van der Waals surface area contributed by atoms with E-state index in [1.165, 1.54) is 138 Å². The van der Waals surface area contributed by atoms with Gasteiger partial charge in [-0.3, -0.25) is 4.98 Å². The number of aromatic nitrogens is 3. The van der Waals surface area contributed by atoms with Gasteiger partial charge < -0.3 is 14.5 Å². The van der Waals surface area contributed by atoms with Crippen molar-refractivity contribution in [2.45, 2.75) is 39.5 Å². The van der Waals surface area contributed by atoms with Crippen LogP contribution in [0.2, 0.25) is 0 Å². The van der Waals surface area contributed by atoms with Crippen LogP contribution in [0.15, 0.2) is 194 Å². The smallest absolute Gasteiger partial charge is 0.0674 e. The number of hydrogen-bond donors (Lipinski definition) is 1. The molecule has 1 aliphatic heterocycles. The zero-order valence-electron chi connectivity index (χ0n) is 38.3. The van der Waals surface area contributed by atoms with E-state index < -0.39 is 0 Å². The predicted molar refractivity (Wildman–Crippen MR) is 284 cm³/mol. The van der Waals surface area contributed by atoms with E-state index in [0.717, 1.165) is 37.9 Å². The highest BCUT2D eigenvalue weighted by Crippen LogP contribution is 2.52. The molecule has 0 radical (unpaired) electrons. The van der Waals surface area contributed by atoms with Gasteiger partial charge in [-0.25, -0.2) is 0 Å². The maximum atomic E-state index is 4.74. The minimum atomic E-state index is 0.841. The van der Waals surface area contributed by atoms with E-state index in [0.29, 0.717) is 0 Å². The van der Waals surface area contributed by atoms with Crippen molar-refractivity contribution in [3.8, 4) is 61.3 Å². The lowest BCUT2D eigenvalue weighted by Crippen LogP contribution is -2.18. The van der Waals surface area contributed by atoms with Gasteiger partial charge in [0.1, 0.15) is 0 Å². The minimum absolute atomic E-state index is 0.841. The Hall–Kier alpha value is -8.21. The zero-order valence-corrected chi connectivity index (χ0v) is 38.3. The van der Waals surface area contributed by atoms with Gasteiger partial charge in [-0.1, -0.05) is 127 Å². The Labute approximate surface area is 396 Å². The number of dihydropyridines is 1. The highest BCUT2D eigenvalue weighted by Gasteiger charge is 2.34. The fourth-order valence-electron chi connectivity index (χ4n) is 12.2. The molecule has 1 N–H and O–H groups in total. The molecular formula is C64H48N4. The summed E-state index contributed by atoms with van der Waals surface area (Å²) >= 11 is 0. The molecule has 0 saturated carbocycles. The van der Waals surface area contributed by atoms with Gasteiger partial charge >= 0.3 is 0 Å². The molecule has 0 amide bonds. The summed E-state index contributed by atoms with van der Waals surface area (Å²) in [5.41, 5.74) is 28.8. The van der Waals surface area contributed by atoms with Crippen molar-refractivity contribution in [2.75, 3.05) is 6.54 Å². The van der Waals surface area contributed by atoms with Crippen molar-refractivity contribution < 1.29 is 0 Å². The molecule has 4 heterocycles. The fraction of sp³-hybridized carbons (Fsp3) is 0.109. The number of nitrogens with zero attached hydrogens (tertiary/aromatic N) is 3. The van der Waals surface area contributed by atoms with Crippen LogP contribution >= 0.6 is 0 Å². The maximum Gasteiger partial charge on any atom is 0.0674 e. The average Bonchev–Trinajstić information content (AvgIpc) is 3.90. The van der Waals surface area contributed by atoms with Crippen LogP contribution in [0.1, 0.15) is 34.7 Å². The number of rotatable bonds is 6. The molecule has 8 aromatic carbocycles. The first-order valence-electron chi connectivity index (χ1n) is 24.2. The number of hydrogen-bond acceptors (Lipinski definition) is 2. The fourth-order valence-corrected chi connectivity index (χ4v) is 12.2. The van der Waals surface area contributed by atoms with E-state index in [1.807, 2.05) is 6.20 Å². The molecule has 14 rings (SSSR count). The summed E-state index contributed by atoms with van der Waals surface area (Å²) in [7, 11) is 0. The van der Waals surface area contributed by atoms with E-state index in [2.05, 4.69) is 211 Å². The summed E-state index contributed by atoms with van der Waals surface area (Å²) in [6.45, 7) is 5.34. The Morgan fingerprint density at radius 1 is 0.471 bits per heavy atom. The second-order valence-electron chi connectivity index (χ2n) is 19.0. The van der Waals surface area contributed by atoms with Gasteiger partial charge in [-0.15, -0.1) is 0 Å². The van der Waals surface area contributed by atoms with E-state index in [1.54, 1.807) is 0 Å². The zero-order chi connectivity index (χ0) is 45.0. The summed E-state index contributed by atoms with van der Waals surface area (Å²) in [5, 5.41) is 8.87. The van der Waals surface area contributed by atoms with Crippen LogP contribution in [-0.2, 0) is 25.7 Å². The molecule has 324 valence electrons. The molecule has 0 bridgehead atoms. The van der Waals surface area contributed by atoms with Crippen LogP contribution in [0.5, 0.6) is 0 Å². The molecule has 11 aromatic rings. The molecule has 0 fully saturated rings. The van der Waals surface area contributed by atoms with Gasteiger partial charge in [-0.05, 0) is 171 Å². The van der Waals surface area contributed by atoms with E-state index >= 15 is 0 Å². The van der Waals surface area contributed by atoms with Gasteiger partial charge in [0.25, 0.3) is 0 Å². The number of allylic oxidation sites excluding steroid dienone is 2. The predicted octanol–water partition coefficient (Wildman–Crippen LogP) is 15.5. The highest BCUT2D eigenvalue weighted by atomic mass is 15.0. The van der Waals surface area contributed by atoms with Crippen LogP contribution in [0.25, 0.3) is 111 Å². The standard InChI is InChI=1S/C64H48N4/c1-39-29-31-65-37-59(39)67-57-27-23-43(49-19-11-9-17-47(49)41-13-5-3-6-14-41)33-53(57)55-35-45-22-26-52-62-46(21-25-51(61(45)62)63(55)67)36-56-54-34-44(50-20-12-10-18-48(50)42-15-7-4-8-16-42)24-28-58(54)68(64(52)56)60-38-66-32-30-40(60)2/h3-20,23-24,27-31,33-38,66H,21-22,25-26,32H2,1-2H3. The Kier molecular flexibility index (Phi) is 8.70. The molecule has 2 aliphatic carbocycles. The minimum Gasteiger partial charge on any atom is -0.386 e. The van der Waals surface area contributed by atoms with Crippen LogP contribution < -0.4 is 5.32 Å². The lowest BCUT2D eigenvalue weighted by molar-refractivity contribution is 0.882. The van der Waals surface area contributed by atoms with Crippen molar-refractivity contribution in [1.29, 1.82) is 0 Å². The molecule has 68 heavy (non-hydrogen) atoms. The first kappa shape index (κ1) is 39.0. The normalized spacial score (nSPS) is 14.0. The molecule has 3 aliphatic rings. The third-order valence-corrected chi connectivity index (χ3v) is 15.3. The first-order chi connectivity index (χ1) is 33.6. The Morgan fingerprint density at radius 3 is 1.50 bits per heavy atom. The van der Waals surface area contributed by atoms with E-state index in [-0.39, 0.29) is 0 Å². The van der Waals surface area contributed by atoms with Crippen LogP contribution in [0, 0.1) is 6.92 Å². The lowest BCUT2D eigenvalue weighted by Gasteiger charge is -2.31. The van der Waals surface area contributed by atoms with Gasteiger partial charge in [0.05, 0.1) is 39.6 Å². The van der Waals surface area contributed by atoms with E-state index in [9.17, 15) is 0 Å².